The number of Topliss-reactive ketones (excluding diaryl/α,β-unsaturated/α-hetero) is 1. The SMILES string of the molecule is CC1(C)C(=CC2=C(O)C(=c3ccc(=c4c(=O)c(=CC5=[N+](CCC(=O)O)c6ccccc6C5(C)C)c4=O)s3)C2=O)N(CCC(=O)O)c2ccccc21. The second-order valence-corrected chi connectivity index (χ2v) is 15.1. The molecule has 0 atom stereocenters. The third-order valence-corrected chi connectivity index (χ3v) is 11.4. The normalized spacial score (nSPS) is 19.1. The van der Waals surface area contributed by atoms with Crippen LogP contribution in [0, 0.1) is 9.75 Å². The highest BCUT2D eigenvalue weighted by Crippen LogP contribution is 2.49. The second-order valence-electron chi connectivity index (χ2n) is 14.0. The molecule has 11 heteroatoms. The highest BCUT2D eigenvalue weighted by Gasteiger charge is 2.45. The summed E-state index contributed by atoms with van der Waals surface area (Å²) in [5.74, 6) is -2.50. The van der Waals surface area contributed by atoms with Crippen LogP contribution in [0.3, 0.4) is 0 Å². The topological polar surface area (TPSA) is 152 Å². The fourth-order valence-electron chi connectivity index (χ4n) is 7.53. The van der Waals surface area contributed by atoms with E-state index in [-0.39, 0.29) is 53.3 Å². The Labute approximate surface area is 295 Å². The van der Waals surface area contributed by atoms with Crippen LogP contribution in [0.15, 0.2) is 93.4 Å². The number of thiophene rings is 1. The number of fused-ring (bicyclic) bond motifs is 2. The maximum absolute atomic E-state index is 13.5. The summed E-state index contributed by atoms with van der Waals surface area (Å²) in [6.07, 6.45) is 2.96. The number of carbonyl (C=O) groups excluding carboxylic acids is 1. The number of aliphatic carboxylic acids is 2. The minimum atomic E-state index is -0.956. The molecule has 3 aromatic carbocycles. The average Bonchev–Trinajstić information content (AvgIpc) is 3.69. The number of hydrogen-bond acceptors (Lipinski definition) is 8. The Morgan fingerprint density at radius 3 is 2.10 bits per heavy atom. The second kappa shape index (κ2) is 12.0. The van der Waals surface area contributed by atoms with E-state index in [9.17, 15) is 39.3 Å². The van der Waals surface area contributed by atoms with Gasteiger partial charge in [-0.15, -0.1) is 11.3 Å². The molecule has 3 aliphatic rings. The molecule has 7 rings (SSSR count). The fourth-order valence-corrected chi connectivity index (χ4v) is 8.62. The summed E-state index contributed by atoms with van der Waals surface area (Å²) in [6.45, 7) is 8.28. The van der Waals surface area contributed by atoms with Crippen molar-refractivity contribution in [3.63, 3.8) is 0 Å². The number of rotatable bonds is 8. The van der Waals surface area contributed by atoms with Crippen molar-refractivity contribution in [2.75, 3.05) is 18.0 Å². The van der Waals surface area contributed by atoms with Crippen LogP contribution >= 0.6 is 11.3 Å². The minimum Gasteiger partial charge on any atom is -0.506 e. The maximum Gasteiger partial charge on any atom is 0.309 e. The van der Waals surface area contributed by atoms with Crippen LogP contribution in [-0.4, -0.2) is 56.4 Å². The summed E-state index contributed by atoms with van der Waals surface area (Å²) < 4.78 is 2.65. The van der Waals surface area contributed by atoms with E-state index < -0.39 is 39.4 Å². The van der Waals surface area contributed by atoms with Crippen molar-refractivity contribution < 1.29 is 34.3 Å². The van der Waals surface area contributed by atoms with Gasteiger partial charge in [0.05, 0.1) is 33.4 Å². The highest BCUT2D eigenvalue weighted by atomic mass is 32.1. The quantitative estimate of drug-likeness (QED) is 0.234. The number of benzene rings is 2. The summed E-state index contributed by atoms with van der Waals surface area (Å²) in [4.78, 5) is 65.3. The highest BCUT2D eigenvalue weighted by molar-refractivity contribution is 7.08. The van der Waals surface area contributed by atoms with Gasteiger partial charge in [0, 0.05) is 50.1 Å². The maximum atomic E-state index is 13.5. The summed E-state index contributed by atoms with van der Waals surface area (Å²) in [5.41, 5.74) is 3.15. The van der Waals surface area contributed by atoms with Crippen LogP contribution < -0.4 is 25.5 Å². The Morgan fingerprint density at radius 2 is 1.43 bits per heavy atom. The van der Waals surface area contributed by atoms with Crippen LogP contribution in [0.25, 0.3) is 11.6 Å². The number of carboxylic acids is 2. The van der Waals surface area contributed by atoms with Crippen molar-refractivity contribution >= 4 is 57.8 Å². The van der Waals surface area contributed by atoms with Crippen molar-refractivity contribution in [3.05, 3.63) is 135 Å². The third kappa shape index (κ3) is 5.22. The lowest BCUT2D eigenvalue weighted by molar-refractivity contribution is -0.436. The number of anilines is 1. The van der Waals surface area contributed by atoms with Gasteiger partial charge in [-0.3, -0.25) is 24.0 Å². The molecule has 3 heterocycles. The molecule has 3 N–H and O–H groups in total. The first-order valence-electron chi connectivity index (χ1n) is 16.6. The smallest absolute Gasteiger partial charge is 0.309 e. The summed E-state index contributed by atoms with van der Waals surface area (Å²) in [6, 6.07) is 18.5. The number of aliphatic hydroxyl groups excluding tert-OH is 1. The van der Waals surface area contributed by atoms with Crippen molar-refractivity contribution in [2.24, 2.45) is 0 Å². The molecule has 0 fully saturated rings. The first-order chi connectivity index (χ1) is 24.1. The number of carbonyl (C=O) groups is 3. The van der Waals surface area contributed by atoms with Crippen molar-refractivity contribution in [3.8, 4) is 0 Å². The third-order valence-electron chi connectivity index (χ3n) is 10.3. The van der Waals surface area contributed by atoms with E-state index in [4.69, 9.17) is 0 Å². The number of para-hydroxylation sites is 2. The lowest BCUT2D eigenvalue weighted by atomic mass is 9.80. The molecule has 0 spiro atoms. The molecule has 1 aromatic heterocycles. The zero-order valence-electron chi connectivity index (χ0n) is 28.4. The van der Waals surface area contributed by atoms with Crippen LogP contribution in [0.1, 0.15) is 51.7 Å². The molecule has 51 heavy (non-hydrogen) atoms. The summed E-state index contributed by atoms with van der Waals surface area (Å²) in [5, 5.41) is 29.9. The lowest BCUT2D eigenvalue weighted by Gasteiger charge is -2.29. The molecule has 0 unspecified atom stereocenters. The first kappa shape index (κ1) is 33.8. The molecule has 4 aromatic rings. The number of carboxylic acid groups (broad SMARTS) is 2. The minimum absolute atomic E-state index is 0.00114. The largest absolute Gasteiger partial charge is 0.506 e. The average molecular weight is 704 g/mol. The van der Waals surface area contributed by atoms with Crippen LogP contribution in [0.4, 0.5) is 11.4 Å². The van der Waals surface area contributed by atoms with Gasteiger partial charge in [-0.2, -0.15) is 4.58 Å². The number of allylic oxidation sites excluding steroid dienone is 4. The Hall–Kier alpha value is -5.68. The van der Waals surface area contributed by atoms with Gasteiger partial charge in [0.25, 0.3) is 0 Å². The standard InChI is InChI=1S/C40H34N2O8S/c1-39(2)23-9-5-7-11-25(23)41(17-15-31(43)44)29(39)19-21-35(47)33(36(21)48)27-13-14-28(51-27)34-37(49)22(38(34)50)20-30-40(3,4)24-10-6-8-12-26(24)42(30)18-16-32(45)46/h5-14,19-20H,15-18H2,1-4H3,(H2-,43,44,45,46,47,48)/p+1. The van der Waals surface area contributed by atoms with Gasteiger partial charge >= 0.3 is 11.9 Å². The van der Waals surface area contributed by atoms with Gasteiger partial charge in [-0.1, -0.05) is 50.2 Å². The van der Waals surface area contributed by atoms with Gasteiger partial charge in [0.1, 0.15) is 12.2 Å². The number of nitrogens with zero attached hydrogens (tertiary/aromatic N) is 2. The Morgan fingerprint density at radius 1 is 0.804 bits per heavy atom. The summed E-state index contributed by atoms with van der Waals surface area (Å²) in [7, 11) is 0. The first-order valence-corrected chi connectivity index (χ1v) is 17.4. The van der Waals surface area contributed by atoms with E-state index in [1.54, 1.807) is 24.3 Å². The van der Waals surface area contributed by atoms with Gasteiger partial charge in [0.15, 0.2) is 12.3 Å². The molecular formula is C40H35N2O8S+. The zero-order valence-corrected chi connectivity index (χ0v) is 29.3. The molecule has 0 saturated carbocycles. The van der Waals surface area contributed by atoms with E-state index in [0.717, 1.165) is 33.8 Å². The summed E-state index contributed by atoms with van der Waals surface area (Å²) >= 11 is 1.07. The van der Waals surface area contributed by atoms with Crippen molar-refractivity contribution in [1.29, 1.82) is 0 Å². The zero-order chi connectivity index (χ0) is 36.6. The van der Waals surface area contributed by atoms with Crippen LogP contribution in [-0.2, 0) is 25.2 Å². The van der Waals surface area contributed by atoms with Gasteiger partial charge in [-0.25, -0.2) is 0 Å². The number of hydrogen-bond donors (Lipinski definition) is 3. The number of ketones is 1. The monoisotopic (exact) mass is 703 g/mol. The van der Waals surface area contributed by atoms with E-state index in [2.05, 4.69) is 0 Å². The molecule has 0 amide bonds. The molecule has 0 radical (unpaired) electrons. The van der Waals surface area contributed by atoms with Gasteiger partial charge < -0.3 is 20.2 Å². The van der Waals surface area contributed by atoms with Crippen molar-refractivity contribution in [2.45, 2.75) is 51.4 Å². The molecule has 2 aliphatic heterocycles. The van der Waals surface area contributed by atoms with Gasteiger partial charge in [0.2, 0.25) is 22.3 Å². The molecule has 0 bridgehead atoms. The van der Waals surface area contributed by atoms with Crippen LogP contribution in [0.5, 0.6) is 0 Å². The van der Waals surface area contributed by atoms with E-state index in [1.165, 1.54) is 0 Å². The Bertz CT molecular complexity index is 2600. The van der Waals surface area contributed by atoms with Crippen LogP contribution in [0.2, 0.25) is 0 Å². The molecule has 258 valence electrons. The van der Waals surface area contributed by atoms with Crippen molar-refractivity contribution in [1.82, 2.24) is 0 Å². The molecule has 10 nitrogen and oxygen atoms in total. The Balaban J connectivity index is 1.30. The lowest BCUT2D eigenvalue weighted by Crippen LogP contribution is -2.51. The van der Waals surface area contributed by atoms with E-state index >= 15 is 0 Å². The molecular weight excluding hydrogens is 669 g/mol. The predicted octanol–water partition coefficient (Wildman–Crippen LogP) is 3.66. The molecule has 1 aliphatic carbocycles. The predicted molar refractivity (Wildman–Crippen MR) is 194 cm³/mol. The Kier molecular flexibility index (Phi) is 7.94. The number of aliphatic hydroxyl groups is 1. The fraction of sp³-hybridized carbons (Fsp3) is 0.250. The van der Waals surface area contributed by atoms with E-state index in [1.807, 2.05) is 85.7 Å². The van der Waals surface area contributed by atoms with Gasteiger partial charge in [-0.05, 0) is 43.7 Å². The molecule has 0 saturated heterocycles. The van der Waals surface area contributed by atoms with E-state index in [0.29, 0.717) is 20.5 Å².